The van der Waals surface area contributed by atoms with Gasteiger partial charge in [0.15, 0.2) is 17.7 Å². The van der Waals surface area contributed by atoms with Crippen LogP contribution in [-0.2, 0) is 0 Å². The standard InChI is InChI=1S/2C8H12N2.2C8H12O.3C6H9NO.3C6H9NS/c1-5-6(2)10-8(4)7(3)9-5;1-5-6(2)8(4)10-9-7(5)3;2*1-5-6(2)8(4)9-7(5)3;6*1-4-5(2)8-6(3)7-4/h2*1-4H3;2*1-4H3;6*1-3H3. The lowest BCUT2D eigenvalue weighted by Crippen LogP contribution is -1.97. The molecule has 10 aromatic heterocycles. The molecule has 10 aromatic rings. The maximum atomic E-state index is 5.34. The third kappa shape index (κ3) is 26.5. The zero-order valence-corrected chi connectivity index (χ0v) is 61.2. The minimum Gasteiger partial charge on any atom is -0.466 e. The average molecular weight is 1240 g/mol. The fourth-order valence-electron chi connectivity index (χ4n) is 7.29. The van der Waals surface area contributed by atoms with Gasteiger partial charge in [0.1, 0.15) is 40.3 Å². The SMILES string of the molecule is Cc1nc(C)c(C)nc1C.Cc1nc(C)c(C)o1.Cc1nc(C)c(C)o1.Cc1nc(C)c(C)o1.Cc1nc(C)c(C)s1.Cc1nc(C)c(C)s1.Cc1nc(C)c(C)s1.Cc1nnc(C)c(C)c1C.Cc1oc(C)c(C)c1C.Cc1oc(C)c(C)c1C. The summed E-state index contributed by atoms with van der Waals surface area (Å²) in [5, 5.41) is 11.5. The monoisotopic (exact) mass is 1230 g/mol. The van der Waals surface area contributed by atoms with Gasteiger partial charge in [-0.15, -0.1) is 34.0 Å². The Morgan fingerprint density at radius 3 is 0.488 bits per heavy atom. The van der Waals surface area contributed by atoms with Crippen molar-refractivity contribution in [2.75, 3.05) is 0 Å². The predicted octanol–water partition coefficient (Wildman–Crippen LogP) is 19.5. The Balaban J connectivity index is 0.000000478. The van der Waals surface area contributed by atoms with Gasteiger partial charge >= 0.3 is 0 Å². The molecule has 0 fully saturated rings. The second-order valence-electron chi connectivity index (χ2n) is 21.4. The minimum absolute atomic E-state index is 0.750. The minimum atomic E-state index is 0.750. The number of oxazole rings is 3. The van der Waals surface area contributed by atoms with Crippen LogP contribution in [0.15, 0.2) is 22.1 Å². The highest BCUT2D eigenvalue weighted by atomic mass is 32.1. The molecule has 0 spiro atoms. The number of thiazole rings is 3. The van der Waals surface area contributed by atoms with E-state index in [-0.39, 0.29) is 0 Å². The summed E-state index contributed by atoms with van der Waals surface area (Å²) < 4.78 is 26.0. The maximum absolute atomic E-state index is 5.34. The van der Waals surface area contributed by atoms with Crippen molar-refractivity contribution in [1.82, 2.24) is 50.1 Å². The smallest absolute Gasteiger partial charge is 0.191 e. The molecule has 10 rings (SSSR count). The first-order valence-corrected chi connectivity index (χ1v) is 31.2. The Morgan fingerprint density at radius 2 is 0.395 bits per heavy atom. The lowest BCUT2D eigenvalue weighted by Gasteiger charge is -2.03. The number of aryl methyl sites for hydroxylation is 28. The Morgan fingerprint density at radius 1 is 0.186 bits per heavy atom. The second-order valence-corrected chi connectivity index (χ2v) is 25.6. The van der Waals surface area contributed by atoms with E-state index in [2.05, 4.69) is 112 Å². The van der Waals surface area contributed by atoms with E-state index >= 15 is 0 Å². The van der Waals surface area contributed by atoms with Crippen LogP contribution in [0.3, 0.4) is 0 Å². The van der Waals surface area contributed by atoms with Crippen molar-refractivity contribution in [3.63, 3.8) is 0 Å². The largest absolute Gasteiger partial charge is 0.466 e. The van der Waals surface area contributed by atoms with E-state index in [4.69, 9.17) is 22.1 Å². The van der Waals surface area contributed by atoms with Crippen LogP contribution in [0.4, 0.5) is 0 Å². The third-order valence-corrected chi connectivity index (χ3v) is 17.3. The van der Waals surface area contributed by atoms with Gasteiger partial charge in [-0.05, 0) is 248 Å². The zero-order chi connectivity index (χ0) is 66.4. The summed E-state index contributed by atoms with van der Waals surface area (Å²) in [5.74, 6) is 9.19. The van der Waals surface area contributed by atoms with Crippen LogP contribution in [0.2, 0.25) is 0 Å². The van der Waals surface area contributed by atoms with Gasteiger partial charge in [0.05, 0.1) is 83.4 Å². The summed E-state index contributed by atoms with van der Waals surface area (Å²) >= 11 is 5.27. The molecule has 0 aromatic carbocycles. The van der Waals surface area contributed by atoms with Crippen LogP contribution in [0.1, 0.15) is 189 Å². The van der Waals surface area contributed by atoms with Gasteiger partial charge in [0.25, 0.3) is 0 Å². The van der Waals surface area contributed by atoms with E-state index in [1.165, 1.54) is 80.1 Å². The molecule has 18 heteroatoms. The number of rotatable bonds is 0. The Bertz CT molecular complexity index is 3050. The van der Waals surface area contributed by atoms with Crippen molar-refractivity contribution >= 4 is 34.0 Å². The maximum Gasteiger partial charge on any atom is 0.191 e. The molecular formula is C68H102N10O5S3. The molecule has 0 aliphatic rings. The van der Waals surface area contributed by atoms with Crippen LogP contribution in [0, 0.1) is 235 Å². The summed E-state index contributed by atoms with van der Waals surface area (Å²) in [4.78, 5) is 37.4. The first-order chi connectivity index (χ1) is 39.7. The molecule has 0 saturated heterocycles. The van der Waals surface area contributed by atoms with Crippen molar-refractivity contribution in [3.8, 4) is 0 Å². The quantitative estimate of drug-likeness (QED) is 0.139. The van der Waals surface area contributed by atoms with Crippen LogP contribution >= 0.6 is 34.0 Å². The highest BCUT2D eigenvalue weighted by Gasteiger charge is 2.07. The summed E-state index contributed by atoms with van der Waals surface area (Å²) in [6.07, 6.45) is 0. The molecule has 0 unspecified atom stereocenters. The zero-order valence-electron chi connectivity index (χ0n) is 58.7. The van der Waals surface area contributed by atoms with Gasteiger partial charge < -0.3 is 22.1 Å². The van der Waals surface area contributed by atoms with Gasteiger partial charge in [-0.1, -0.05) is 0 Å². The molecule has 0 saturated carbocycles. The lowest BCUT2D eigenvalue weighted by atomic mass is 10.1. The fourth-order valence-corrected chi connectivity index (χ4v) is 9.75. The average Bonchev–Trinajstić information content (AvgIpc) is 3.81. The summed E-state index contributed by atoms with van der Waals surface area (Å²) in [6, 6.07) is 0. The first kappa shape index (κ1) is 77.3. The Labute approximate surface area is 527 Å². The predicted molar refractivity (Wildman–Crippen MR) is 358 cm³/mol. The fraction of sp³-hybridized carbons (Fsp3) is 0.500. The van der Waals surface area contributed by atoms with Gasteiger partial charge in [0.2, 0.25) is 0 Å². The number of nitrogens with zero attached hydrogens (tertiary/aromatic N) is 10. The van der Waals surface area contributed by atoms with Gasteiger partial charge in [-0.2, -0.15) is 10.2 Å². The molecule has 0 aliphatic carbocycles. The van der Waals surface area contributed by atoms with E-state index in [1.807, 2.05) is 173 Å². The van der Waals surface area contributed by atoms with E-state index in [0.29, 0.717) is 0 Å². The molecule has 0 radical (unpaired) electrons. The van der Waals surface area contributed by atoms with Crippen molar-refractivity contribution in [3.05, 3.63) is 189 Å². The first-order valence-electron chi connectivity index (χ1n) is 28.7. The number of furan rings is 2. The highest BCUT2D eigenvalue weighted by Crippen LogP contribution is 2.21. The van der Waals surface area contributed by atoms with E-state index in [1.54, 1.807) is 34.0 Å². The van der Waals surface area contributed by atoms with Crippen LogP contribution in [-0.4, -0.2) is 50.1 Å². The van der Waals surface area contributed by atoms with E-state index < -0.39 is 0 Å². The molecule has 0 bridgehead atoms. The third-order valence-electron chi connectivity index (χ3n) is 14.4. The van der Waals surface area contributed by atoms with Crippen molar-refractivity contribution in [1.29, 1.82) is 0 Å². The summed E-state index contributed by atoms with van der Waals surface area (Å²) in [5.41, 5.74) is 20.3. The number of hydrogen-bond donors (Lipinski definition) is 0. The summed E-state index contributed by atoms with van der Waals surface area (Å²) in [7, 11) is 0. The van der Waals surface area contributed by atoms with Crippen LogP contribution in [0.25, 0.3) is 0 Å². The number of aromatic nitrogens is 10. The van der Waals surface area contributed by atoms with Gasteiger partial charge in [-0.25, -0.2) is 29.9 Å². The van der Waals surface area contributed by atoms with Crippen LogP contribution < -0.4 is 0 Å². The molecule has 15 nitrogen and oxygen atoms in total. The molecule has 0 atom stereocenters. The topological polar surface area (TPSA) is 195 Å². The molecule has 0 aliphatic heterocycles. The van der Waals surface area contributed by atoms with Gasteiger partial charge in [0, 0.05) is 35.4 Å². The number of hydrogen-bond acceptors (Lipinski definition) is 18. The molecule has 10 heterocycles. The van der Waals surface area contributed by atoms with E-state index in [0.717, 1.165) is 109 Å². The molecule has 472 valence electrons. The molecular weight excluding hydrogens is 1130 g/mol. The lowest BCUT2D eigenvalue weighted by molar-refractivity contribution is 0.493. The summed E-state index contributed by atoms with van der Waals surface area (Å²) in [6.45, 7) is 68.0. The Kier molecular flexibility index (Phi) is 32.7. The molecule has 86 heavy (non-hydrogen) atoms. The van der Waals surface area contributed by atoms with E-state index in [9.17, 15) is 0 Å². The van der Waals surface area contributed by atoms with Crippen molar-refractivity contribution in [2.45, 2.75) is 235 Å². The molecule has 0 amide bonds. The normalized spacial score (nSPS) is 9.98. The van der Waals surface area contributed by atoms with Crippen LogP contribution in [0.5, 0.6) is 0 Å². The van der Waals surface area contributed by atoms with Crippen molar-refractivity contribution < 1.29 is 22.1 Å². The second kappa shape index (κ2) is 36.4. The van der Waals surface area contributed by atoms with Gasteiger partial charge in [-0.3, -0.25) is 9.97 Å². The van der Waals surface area contributed by atoms with Crippen molar-refractivity contribution in [2.24, 2.45) is 0 Å². The Hall–Kier alpha value is -6.76. The highest BCUT2D eigenvalue weighted by molar-refractivity contribution is 7.12. The molecule has 0 N–H and O–H groups in total.